The lowest BCUT2D eigenvalue weighted by Gasteiger charge is -2.34. The number of nitrogens with zero attached hydrogens (tertiary/aromatic N) is 5. The molecular weight excluding hydrogens is 408 g/mol. The molecule has 0 bridgehead atoms. The Labute approximate surface area is 188 Å². The maximum Gasteiger partial charge on any atom is 0.227 e. The normalized spacial score (nSPS) is 17.9. The van der Waals surface area contributed by atoms with E-state index < -0.39 is 0 Å². The van der Waals surface area contributed by atoms with Crippen molar-refractivity contribution >= 4 is 23.4 Å². The lowest BCUT2D eigenvalue weighted by Crippen LogP contribution is -2.35. The molecule has 1 N–H and O–H groups in total. The first-order chi connectivity index (χ1) is 15.2. The Hall–Kier alpha value is -2.60. The molecule has 4 heterocycles. The topological polar surface area (TPSA) is 60.9 Å². The second kappa shape index (κ2) is 8.87. The van der Waals surface area contributed by atoms with Gasteiger partial charge in [-0.2, -0.15) is 4.98 Å². The summed E-state index contributed by atoms with van der Waals surface area (Å²) in [4.78, 5) is 22.4. The van der Waals surface area contributed by atoms with Gasteiger partial charge in [-0.25, -0.2) is 9.97 Å². The van der Waals surface area contributed by atoms with Gasteiger partial charge < -0.3 is 14.8 Å². The molecule has 0 amide bonds. The molecule has 3 aromatic rings. The van der Waals surface area contributed by atoms with Gasteiger partial charge in [0.25, 0.3) is 0 Å². The zero-order valence-corrected chi connectivity index (χ0v) is 18.8. The summed E-state index contributed by atoms with van der Waals surface area (Å²) in [5.41, 5.74) is 4.41. The lowest BCUT2D eigenvalue weighted by atomic mass is 9.92. The number of hydrogen-bond acceptors (Lipinski definition) is 5. The molecule has 5 rings (SSSR count). The number of halogens is 1. The number of H-pyrrole nitrogens is 1. The van der Waals surface area contributed by atoms with Gasteiger partial charge >= 0.3 is 0 Å². The quantitative estimate of drug-likeness (QED) is 0.608. The van der Waals surface area contributed by atoms with Crippen LogP contribution >= 0.6 is 11.6 Å². The lowest BCUT2D eigenvalue weighted by molar-refractivity contribution is 0.493. The van der Waals surface area contributed by atoms with Gasteiger partial charge in [-0.05, 0) is 45.1 Å². The molecule has 6 nitrogen and oxygen atoms in total. The highest BCUT2D eigenvalue weighted by Gasteiger charge is 2.27. The fourth-order valence-corrected chi connectivity index (χ4v) is 5.10. The number of piperidine rings is 2. The largest absolute Gasteiger partial charge is 0.356 e. The van der Waals surface area contributed by atoms with Crippen molar-refractivity contribution in [1.82, 2.24) is 19.9 Å². The smallest absolute Gasteiger partial charge is 0.227 e. The molecular formula is C24H29ClN6. The molecule has 162 valence electrons. The minimum Gasteiger partial charge on any atom is -0.356 e. The van der Waals surface area contributed by atoms with Crippen LogP contribution in [0.4, 0.5) is 11.8 Å². The van der Waals surface area contributed by atoms with Crippen molar-refractivity contribution in [2.75, 3.05) is 36.0 Å². The van der Waals surface area contributed by atoms with E-state index in [1.807, 2.05) is 30.7 Å². The van der Waals surface area contributed by atoms with Gasteiger partial charge in [0.2, 0.25) is 5.95 Å². The number of benzene rings is 1. The minimum absolute atomic E-state index is 0.495. The Morgan fingerprint density at radius 3 is 2.42 bits per heavy atom. The summed E-state index contributed by atoms with van der Waals surface area (Å²) in [5, 5.41) is 0.736. The van der Waals surface area contributed by atoms with E-state index in [1.165, 1.54) is 30.7 Å². The molecule has 0 saturated carbocycles. The fraction of sp³-hybridized carbons (Fsp3) is 0.458. The molecule has 2 saturated heterocycles. The number of rotatable bonds is 4. The van der Waals surface area contributed by atoms with Gasteiger partial charge in [0.05, 0.1) is 12.0 Å². The highest BCUT2D eigenvalue weighted by molar-refractivity contribution is 6.33. The Balaban J connectivity index is 1.46. The number of aromatic nitrogens is 4. The molecule has 0 atom stereocenters. The van der Waals surface area contributed by atoms with Crippen LogP contribution in [0.15, 0.2) is 36.8 Å². The molecule has 0 spiro atoms. The maximum absolute atomic E-state index is 6.57. The zero-order valence-electron chi connectivity index (χ0n) is 18.0. The summed E-state index contributed by atoms with van der Waals surface area (Å²) < 4.78 is 0. The third kappa shape index (κ3) is 4.13. The third-order valence-corrected chi connectivity index (χ3v) is 6.94. The molecule has 2 aliphatic heterocycles. The SMILES string of the molecule is Cc1[nH]cnc1C1CCN(c2nc(N3CCCCC3)ncc2-c2ccccc2Cl)CC1. The van der Waals surface area contributed by atoms with Crippen LogP contribution in [0, 0.1) is 6.92 Å². The van der Waals surface area contributed by atoms with Crippen molar-refractivity contribution in [3.05, 3.63) is 53.2 Å². The van der Waals surface area contributed by atoms with Crippen molar-refractivity contribution in [3.63, 3.8) is 0 Å². The number of aryl methyl sites for hydroxylation is 1. The molecule has 0 unspecified atom stereocenters. The van der Waals surface area contributed by atoms with Gasteiger partial charge in [0, 0.05) is 60.1 Å². The molecule has 7 heteroatoms. The van der Waals surface area contributed by atoms with E-state index in [4.69, 9.17) is 21.6 Å². The molecule has 2 aromatic heterocycles. The van der Waals surface area contributed by atoms with Gasteiger partial charge in [-0.15, -0.1) is 0 Å². The van der Waals surface area contributed by atoms with E-state index in [0.29, 0.717) is 5.92 Å². The monoisotopic (exact) mass is 436 g/mol. The Morgan fingerprint density at radius 2 is 1.71 bits per heavy atom. The van der Waals surface area contributed by atoms with Crippen LogP contribution in [-0.4, -0.2) is 46.1 Å². The number of anilines is 2. The van der Waals surface area contributed by atoms with E-state index >= 15 is 0 Å². The number of hydrogen-bond donors (Lipinski definition) is 1. The molecule has 0 aliphatic carbocycles. The first kappa shape index (κ1) is 20.3. The number of aromatic amines is 1. The summed E-state index contributed by atoms with van der Waals surface area (Å²) in [7, 11) is 0. The first-order valence-corrected chi connectivity index (χ1v) is 11.7. The van der Waals surface area contributed by atoms with Crippen LogP contribution in [0.3, 0.4) is 0 Å². The third-order valence-electron chi connectivity index (χ3n) is 6.61. The summed E-state index contributed by atoms with van der Waals surface area (Å²) in [6.45, 7) is 6.08. The minimum atomic E-state index is 0.495. The summed E-state index contributed by atoms with van der Waals surface area (Å²) in [5.74, 6) is 2.34. The van der Waals surface area contributed by atoms with Crippen molar-refractivity contribution in [2.45, 2.75) is 44.9 Å². The predicted molar refractivity (Wildman–Crippen MR) is 126 cm³/mol. The Bertz CT molecular complexity index is 1030. The average molecular weight is 437 g/mol. The second-order valence-electron chi connectivity index (χ2n) is 8.61. The summed E-state index contributed by atoms with van der Waals surface area (Å²) >= 11 is 6.57. The van der Waals surface area contributed by atoms with Crippen LogP contribution in [0.5, 0.6) is 0 Å². The average Bonchev–Trinajstić information content (AvgIpc) is 3.26. The van der Waals surface area contributed by atoms with E-state index in [9.17, 15) is 0 Å². The van der Waals surface area contributed by atoms with Crippen LogP contribution in [0.25, 0.3) is 11.1 Å². The van der Waals surface area contributed by atoms with E-state index in [0.717, 1.165) is 66.9 Å². The summed E-state index contributed by atoms with van der Waals surface area (Å²) in [6.07, 6.45) is 9.62. The Morgan fingerprint density at radius 1 is 0.935 bits per heavy atom. The van der Waals surface area contributed by atoms with Gasteiger partial charge in [0.1, 0.15) is 5.82 Å². The van der Waals surface area contributed by atoms with Crippen molar-refractivity contribution in [1.29, 1.82) is 0 Å². The number of imidazole rings is 1. The van der Waals surface area contributed by atoms with E-state index in [-0.39, 0.29) is 0 Å². The van der Waals surface area contributed by atoms with E-state index in [2.05, 4.69) is 32.8 Å². The zero-order chi connectivity index (χ0) is 21.2. The van der Waals surface area contributed by atoms with Crippen molar-refractivity contribution < 1.29 is 0 Å². The highest BCUT2D eigenvalue weighted by Crippen LogP contribution is 2.38. The van der Waals surface area contributed by atoms with E-state index in [1.54, 1.807) is 0 Å². The molecule has 2 aliphatic rings. The predicted octanol–water partition coefficient (Wildman–Crippen LogP) is 5.20. The van der Waals surface area contributed by atoms with Crippen molar-refractivity contribution in [3.8, 4) is 11.1 Å². The van der Waals surface area contributed by atoms with Crippen LogP contribution in [0.2, 0.25) is 5.02 Å². The van der Waals surface area contributed by atoms with Gasteiger partial charge in [0.15, 0.2) is 0 Å². The van der Waals surface area contributed by atoms with Gasteiger partial charge in [-0.1, -0.05) is 29.8 Å². The van der Waals surface area contributed by atoms with Crippen LogP contribution < -0.4 is 9.80 Å². The maximum atomic E-state index is 6.57. The second-order valence-corrected chi connectivity index (χ2v) is 9.02. The standard InChI is InChI=1S/C24H29ClN6/c1-17-22(28-16-27-17)18-9-13-30(14-10-18)23-20(19-7-3-4-8-21(19)25)15-26-24(29-23)31-11-5-2-6-12-31/h3-4,7-8,15-16,18H,2,5-6,9-14H2,1H3,(H,27,28). The molecule has 31 heavy (non-hydrogen) atoms. The van der Waals surface area contributed by atoms with Crippen LogP contribution in [-0.2, 0) is 0 Å². The fourth-order valence-electron chi connectivity index (χ4n) is 4.87. The van der Waals surface area contributed by atoms with Gasteiger partial charge in [-0.3, -0.25) is 0 Å². The molecule has 0 radical (unpaired) electrons. The highest BCUT2D eigenvalue weighted by atomic mass is 35.5. The number of nitrogens with one attached hydrogen (secondary N) is 1. The summed E-state index contributed by atoms with van der Waals surface area (Å²) in [6, 6.07) is 7.99. The molecule has 1 aromatic carbocycles. The van der Waals surface area contributed by atoms with Crippen molar-refractivity contribution in [2.24, 2.45) is 0 Å². The Kier molecular flexibility index (Phi) is 5.81. The molecule has 2 fully saturated rings. The first-order valence-electron chi connectivity index (χ1n) is 11.3. The van der Waals surface area contributed by atoms with Crippen LogP contribution in [0.1, 0.15) is 49.4 Å².